The summed E-state index contributed by atoms with van der Waals surface area (Å²) >= 11 is 0. The number of allylic oxidation sites excluding steroid dienone is 12. The van der Waals surface area contributed by atoms with Crippen LogP contribution in [0.25, 0.3) is 0 Å². The second-order valence-electron chi connectivity index (χ2n) is 14.0. The van der Waals surface area contributed by atoms with Gasteiger partial charge in [0.2, 0.25) is 0 Å². The van der Waals surface area contributed by atoms with Gasteiger partial charge in [0.25, 0.3) is 0 Å². The van der Waals surface area contributed by atoms with Crippen molar-refractivity contribution in [1.82, 2.24) is 0 Å². The van der Waals surface area contributed by atoms with Crippen molar-refractivity contribution < 1.29 is 24.2 Å². The van der Waals surface area contributed by atoms with Crippen LogP contribution in [0.1, 0.15) is 194 Å². The average Bonchev–Trinajstić information content (AvgIpc) is 3.15. The maximum Gasteiger partial charge on any atom is 0.306 e. The summed E-state index contributed by atoms with van der Waals surface area (Å²) in [7, 11) is 0. The lowest BCUT2D eigenvalue weighted by molar-refractivity contribution is -0.161. The summed E-state index contributed by atoms with van der Waals surface area (Å²) in [5, 5.41) is 9.56. The van der Waals surface area contributed by atoms with Gasteiger partial charge in [0, 0.05) is 12.8 Å². The lowest BCUT2D eigenvalue weighted by Gasteiger charge is -2.15. The first kappa shape index (κ1) is 49.3. The normalized spacial score (nSPS) is 12.9. The third kappa shape index (κ3) is 40.1. The van der Waals surface area contributed by atoms with Crippen LogP contribution >= 0.6 is 0 Å². The molecule has 0 aliphatic carbocycles. The smallest absolute Gasteiger partial charge is 0.306 e. The molecule has 52 heavy (non-hydrogen) atoms. The second kappa shape index (κ2) is 42.8. The first-order valence-electron chi connectivity index (χ1n) is 21.5. The molecule has 5 nitrogen and oxygen atoms in total. The topological polar surface area (TPSA) is 72.8 Å². The van der Waals surface area contributed by atoms with Crippen LogP contribution in [0.2, 0.25) is 0 Å². The van der Waals surface area contributed by atoms with Crippen LogP contribution in [0.15, 0.2) is 72.9 Å². The van der Waals surface area contributed by atoms with E-state index in [9.17, 15) is 14.7 Å². The van der Waals surface area contributed by atoms with E-state index in [0.717, 1.165) is 57.8 Å². The number of hydrogen-bond donors (Lipinski definition) is 1. The Morgan fingerprint density at radius 1 is 0.462 bits per heavy atom. The van der Waals surface area contributed by atoms with Gasteiger partial charge in [-0.15, -0.1) is 0 Å². The van der Waals surface area contributed by atoms with Gasteiger partial charge in [-0.3, -0.25) is 9.59 Å². The molecule has 1 atom stereocenters. The van der Waals surface area contributed by atoms with Crippen LogP contribution in [-0.4, -0.2) is 36.4 Å². The van der Waals surface area contributed by atoms with Gasteiger partial charge in [0.1, 0.15) is 6.61 Å². The summed E-state index contributed by atoms with van der Waals surface area (Å²) < 4.78 is 10.6. The first-order valence-corrected chi connectivity index (χ1v) is 21.5. The van der Waals surface area contributed by atoms with Crippen molar-refractivity contribution in [3.05, 3.63) is 72.9 Å². The highest BCUT2D eigenvalue weighted by molar-refractivity contribution is 5.70. The van der Waals surface area contributed by atoms with Crippen LogP contribution in [0.3, 0.4) is 0 Å². The molecule has 0 saturated carbocycles. The van der Waals surface area contributed by atoms with E-state index in [4.69, 9.17) is 9.47 Å². The Kier molecular flexibility index (Phi) is 40.6. The highest BCUT2D eigenvalue weighted by atomic mass is 16.6. The van der Waals surface area contributed by atoms with Crippen LogP contribution in [0.5, 0.6) is 0 Å². The molecule has 1 N–H and O–H groups in total. The molecule has 0 rings (SSSR count). The number of rotatable bonds is 38. The summed E-state index contributed by atoms with van der Waals surface area (Å²) in [6, 6.07) is 0. The summed E-state index contributed by atoms with van der Waals surface area (Å²) in [6.07, 6.45) is 57.0. The molecular weight excluding hydrogens is 645 g/mol. The van der Waals surface area contributed by atoms with Crippen LogP contribution < -0.4 is 0 Å². The Labute approximate surface area is 321 Å². The zero-order valence-corrected chi connectivity index (χ0v) is 33.8. The molecule has 0 saturated heterocycles. The number of hydrogen-bond acceptors (Lipinski definition) is 5. The maximum absolute atomic E-state index is 12.2. The number of unbranched alkanes of at least 4 members (excludes halogenated alkanes) is 18. The van der Waals surface area contributed by atoms with Crippen LogP contribution in [0.4, 0.5) is 0 Å². The molecular formula is C47H80O5. The van der Waals surface area contributed by atoms with Gasteiger partial charge in [-0.05, 0) is 51.4 Å². The molecule has 0 fully saturated rings. The molecule has 0 spiro atoms. The fraction of sp³-hybridized carbons (Fsp3) is 0.702. The third-order valence-electron chi connectivity index (χ3n) is 9.03. The van der Waals surface area contributed by atoms with E-state index in [2.05, 4.69) is 74.6 Å². The minimum absolute atomic E-state index is 0.0971. The first-order chi connectivity index (χ1) is 25.6. The average molecular weight is 725 g/mol. The number of carbonyl (C=O) groups excluding carboxylic acids is 2. The Balaban J connectivity index is 3.65. The van der Waals surface area contributed by atoms with Crippen LogP contribution in [-0.2, 0) is 19.1 Å². The Bertz CT molecular complexity index is 957. The number of aliphatic hydroxyl groups excluding tert-OH is 1. The Morgan fingerprint density at radius 2 is 0.827 bits per heavy atom. The minimum Gasteiger partial charge on any atom is -0.462 e. The van der Waals surface area contributed by atoms with Crippen molar-refractivity contribution in [3.63, 3.8) is 0 Å². The molecule has 1 unspecified atom stereocenters. The number of carbonyl (C=O) groups is 2. The van der Waals surface area contributed by atoms with E-state index in [1.54, 1.807) is 0 Å². The molecule has 298 valence electrons. The summed E-state index contributed by atoms with van der Waals surface area (Å²) in [5.41, 5.74) is 0. The second-order valence-corrected chi connectivity index (χ2v) is 14.0. The van der Waals surface area contributed by atoms with Gasteiger partial charge in [0.05, 0.1) is 6.61 Å². The molecule has 0 aromatic carbocycles. The molecule has 0 heterocycles. The molecule has 0 radical (unpaired) electrons. The van der Waals surface area contributed by atoms with E-state index in [1.807, 2.05) is 12.2 Å². The SMILES string of the molecule is CC/C=C\C/C=C\C/C=C\C/C=C\C/C=C\C/C=C\CCC(=O)OC(CO)COC(=O)CCCCCCCCCCCCCCCCCCCCC. The molecule has 0 bridgehead atoms. The Hall–Kier alpha value is -2.66. The number of esters is 2. The van der Waals surface area contributed by atoms with Crippen molar-refractivity contribution >= 4 is 11.9 Å². The highest BCUT2D eigenvalue weighted by Gasteiger charge is 2.15. The molecule has 0 aromatic heterocycles. The maximum atomic E-state index is 12.2. The largest absolute Gasteiger partial charge is 0.462 e. The third-order valence-corrected chi connectivity index (χ3v) is 9.03. The lowest BCUT2D eigenvalue weighted by atomic mass is 10.0. The van der Waals surface area contributed by atoms with Gasteiger partial charge in [-0.2, -0.15) is 0 Å². The highest BCUT2D eigenvalue weighted by Crippen LogP contribution is 2.15. The van der Waals surface area contributed by atoms with E-state index in [-0.39, 0.29) is 25.6 Å². The molecule has 0 aliphatic heterocycles. The van der Waals surface area contributed by atoms with E-state index >= 15 is 0 Å². The lowest BCUT2D eigenvalue weighted by Crippen LogP contribution is -2.28. The van der Waals surface area contributed by atoms with E-state index < -0.39 is 12.1 Å². The standard InChI is InChI=1S/C47H80O5/c1-3-5-7-9-11-13-15-17-19-21-23-25-27-29-31-33-35-37-39-41-46(49)51-44-45(43-48)52-47(50)42-40-38-36-34-32-30-28-26-24-22-20-18-16-14-12-10-8-6-4-2/h6,8,12,14,18,20,24,26,30,32,36,38,45,48H,3-5,7,9-11,13,15-17,19,21-23,25,27-29,31,33-35,37,39-44H2,1-2H3/b8-6-,14-12-,20-18-,26-24-,32-30-,38-36-. The predicted molar refractivity (Wildman–Crippen MR) is 223 cm³/mol. The minimum atomic E-state index is -0.813. The van der Waals surface area contributed by atoms with E-state index in [0.29, 0.717) is 12.8 Å². The zero-order chi connectivity index (χ0) is 37.8. The quantitative estimate of drug-likeness (QED) is 0.0390. The monoisotopic (exact) mass is 725 g/mol. The summed E-state index contributed by atoms with van der Waals surface area (Å²) in [5.74, 6) is -0.687. The zero-order valence-electron chi connectivity index (χ0n) is 33.8. The predicted octanol–water partition coefficient (Wildman–Crippen LogP) is 13.7. The molecule has 5 heteroatoms. The Morgan fingerprint density at radius 3 is 1.21 bits per heavy atom. The molecule has 0 aromatic rings. The molecule has 0 amide bonds. The van der Waals surface area contributed by atoms with Gasteiger partial charge in [0.15, 0.2) is 6.10 Å². The number of aliphatic hydroxyl groups is 1. The molecule has 0 aliphatic rings. The van der Waals surface area contributed by atoms with Gasteiger partial charge in [-0.1, -0.05) is 202 Å². The van der Waals surface area contributed by atoms with Crippen molar-refractivity contribution in [2.75, 3.05) is 13.2 Å². The number of ether oxygens (including phenoxy) is 2. The van der Waals surface area contributed by atoms with Crippen LogP contribution in [0, 0.1) is 0 Å². The van der Waals surface area contributed by atoms with Gasteiger partial charge >= 0.3 is 11.9 Å². The fourth-order valence-electron chi connectivity index (χ4n) is 5.82. The fourth-order valence-corrected chi connectivity index (χ4v) is 5.82. The van der Waals surface area contributed by atoms with Crippen molar-refractivity contribution in [1.29, 1.82) is 0 Å². The summed E-state index contributed by atoms with van der Waals surface area (Å²) in [6.45, 7) is 3.97. The van der Waals surface area contributed by atoms with Gasteiger partial charge in [-0.25, -0.2) is 0 Å². The van der Waals surface area contributed by atoms with Gasteiger partial charge < -0.3 is 14.6 Å². The van der Waals surface area contributed by atoms with Crippen molar-refractivity contribution in [3.8, 4) is 0 Å². The van der Waals surface area contributed by atoms with Crippen molar-refractivity contribution in [2.24, 2.45) is 0 Å². The van der Waals surface area contributed by atoms with Crippen molar-refractivity contribution in [2.45, 2.75) is 200 Å². The van der Waals surface area contributed by atoms with E-state index in [1.165, 1.54) is 103 Å². The summed E-state index contributed by atoms with van der Waals surface area (Å²) in [4.78, 5) is 24.3.